The van der Waals surface area contributed by atoms with Gasteiger partial charge in [0, 0.05) is 0 Å². The SMILES string of the molecule is COc1cc(COC(=O)NC2C(CO)OC(OC3C(CO)OC(OC4C(CO)OC(OC5C(CO)OC(OC6C(CO)OC(O)C(O)C6O)C(O)C5O)C(O)C4O)C(O)C3O)C(O)C2O)c([N+](=O)[O-])cc1OC. The quantitative estimate of drug-likeness (QED) is 0.0452. The third-order valence-electron chi connectivity index (χ3n) is 12.8. The minimum Gasteiger partial charge on any atom is -0.493 e. The number of nitro benzene ring substituents is 1. The van der Waals surface area contributed by atoms with Crippen LogP contribution in [0.15, 0.2) is 12.1 Å². The van der Waals surface area contributed by atoms with Gasteiger partial charge in [-0.05, 0) is 6.07 Å². The lowest BCUT2D eigenvalue weighted by atomic mass is 9.95. The fraction of sp³-hybridized carbons (Fsp3) is 0.825. The molecule has 0 aromatic heterocycles. The molecule has 33 nitrogen and oxygen atoms in total. The number of hydrogen-bond donors (Lipinski definition) is 17. The van der Waals surface area contributed by atoms with Crippen LogP contribution in [0.1, 0.15) is 5.56 Å². The van der Waals surface area contributed by atoms with E-state index in [1.807, 2.05) is 0 Å². The summed E-state index contributed by atoms with van der Waals surface area (Å²) in [5.74, 6) is 0.0836. The molecule has 0 spiro atoms. The van der Waals surface area contributed by atoms with Crippen LogP contribution >= 0.6 is 0 Å². The van der Waals surface area contributed by atoms with Crippen LogP contribution in [0.4, 0.5) is 10.5 Å². The average molecular weight is 1070 g/mol. The average Bonchev–Trinajstić information content (AvgIpc) is 3.38. The van der Waals surface area contributed by atoms with Gasteiger partial charge in [-0.1, -0.05) is 0 Å². The van der Waals surface area contributed by atoms with Crippen LogP contribution in [0.3, 0.4) is 0 Å². The zero-order valence-corrected chi connectivity index (χ0v) is 38.6. The Morgan fingerprint density at radius 2 is 0.863 bits per heavy atom. The number of hydrogen-bond acceptors (Lipinski definition) is 31. The van der Waals surface area contributed by atoms with Crippen LogP contribution < -0.4 is 14.8 Å². The molecule has 33 heteroatoms. The van der Waals surface area contributed by atoms with Crippen molar-refractivity contribution in [3.63, 3.8) is 0 Å². The van der Waals surface area contributed by atoms with E-state index < -0.39 is 210 Å². The molecular weight excluding hydrogens is 1000 g/mol. The predicted molar refractivity (Wildman–Crippen MR) is 224 cm³/mol. The fourth-order valence-corrected chi connectivity index (χ4v) is 8.75. The van der Waals surface area contributed by atoms with Crippen LogP contribution in [0, 0.1) is 10.1 Å². The zero-order chi connectivity index (χ0) is 53.7. The Kier molecular flexibility index (Phi) is 20.6. The molecule has 5 saturated heterocycles. The van der Waals surface area contributed by atoms with Gasteiger partial charge in [-0.15, -0.1) is 0 Å². The molecule has 1 aromatic carbocycles. The van der Waals surface area contributed by atoms with E-state index in [0.29, 0.717) is 0 Å². The summed E-state index contributed by atoms with van der Waals surface area (Å²) < 4.78 is 65.2. The van der Waals surface area contributed by atoms with Gasteiger partial charge in [-0.25, -0.2) is 4.79 Å². The number of benzene rings is 1. The Hall–Kier alpha value is -3.51. The largest absolute Gasteiger partial charge is 0.493 e. The first kappa shape index (κ1) is 58.7. The number of nitrogens with one attached hydrogen (secondary N) is 1. The van der Waals surface area contributed by atoms with E-state index in [9.17, 15) is 96.6 Å². The van der Waals surface area contributed by atoms with Crippen molar-refractivity contribution in [2.24, 2.45) is 0 Å². The topological polar surface area (TPSA) is 507 Å². The molecule has 25 unspecified atom stereocenters. The van der Waals surface area contributed by atoms with Gasteiger partial charge in [0.15, 0.2) is 42.9 Å². The van der Waals surface area contributed by atoms with Gasteiger partial charge in [0.25, 0.3) is 5.69 Å². The highest BCUT2D eigenvalue weighted by Gasteiger charge is 2.56. The lowest BCUT2D eigenvalue weighted by Gasteiger charge is -2.49. The summed E-state index contributed by atoms with van der Waals surface area (Å²) in [6, 6.07) is 0.594. The second kappa shape index (κ2) is 25.6. The number of rotatable bonds is 19. The molecule has 5 aliphatic heterocycles. The Morgan fingerprint density at radius 1 is 0.521 bits per heavy atom. The Balaban J connectivity index is 1.05. The predicted octanol–water partition coefficient (Wildman–Crippen LogP) is -10.1. The lowest BCUT2D eigenvalue weighted by molar-refractivity contribution is -0.392. The van der Waals surface area contributed by atoms with Crippen molar-refractivity contribution in [1.82, 2.24) is 5.32 Å². The second-order valence-electron chi connectivity index (χ2n) is 17.3. The van der Waals surface area contributed by atoms with E-state index in [0.717, 1.165) is 6.07 Å². The maximum Gasteiger partial charge on any atom is 0.407 e. The molecule has 5 fully saturated rings. The first-order chi connectivity index (χ1) is 34.7. The van der Waals surface area contributed by atoms with Crippen LogP contribution in [0.5, 0.6) is 11.5 Å². The third kappa shape index (κ3) is 12.5. The summed E-state index contributed by atoms with van der Waals surface area (Å²) in [6.07, 6.45) is -47.3. The number of amides is 1. The number of carbonyl (C=O) groups excluding carboxylic acids is 1. The van der Waals surface area contributed by atoms with Crippen LogP contribution in [0.25, 0.3) is 0 Å². The van der Waals surface area contributed by atoms with Crippen LogP contribution in [0.2, 0.25) is 0 Å². The van der Waals surface area contributed by atoms with Crippen molar-refractivity contribution >= 4 is 11.8 Å². The molecule has 0 aliphatic carbocycles. The van der Waals surface area contributed by atoms with E-state index in [-0.39, 0.29) is 17.1 Å². The van der Waals surface area contributed by atoms with Crippen molar-refractivity contribution in [1.29, 1.82) is 0 Å². The molecular formula is C40H62N2O31. The lowest BCUT2D eigenvalue weighted by Crippen LogP contribution is -2.68. The summed E-state index contributed by atoms with van der Waals surface area (Å²) in [7, 11) is 2.51. The molecule has 0 bridgehead atoms. The number of nitro groups is 1. The summed E-state index contributed by atoms with van der Waals surface area (Å²) >= 11 is 0. The van der Waals surface area contributed by atoms with Crippen molar-refractivity contribution < 1.29 is 148 Å². The monoisotopic (exact) mass is 1070 g/mol. The molecule has 0 radical (unpaired) electrons. The molecule has 25 atom stereocenters. The fourth-order valence-electron chi connectivity index (χ4n) is 8.75. The van der Waals surface area contributed by atoms with E-state index in [1.54, 1.807) is 0 Å². The smallest absolute Gasteiger partial charge is 0.407 e. The Labute approximate surface area is 411 Å². The zero-order valence-electron chi connectivity index (χ0n) is 38.6. The maximum atomic E-state index is 12.9. The van der Waals surface area contributed by atoms with Gasteiger partial charge < -0.3 is 144 Å². The number of carbonyl (C=O) groups is 1. The van der Waals surface area contributed by atoms with E-state index >= 15 is 0 Å². The number of aliphatic hydroxyl groups is 16. The molecule has 6 rings (SSSR count). The number of aliphatic hydroxyl groups excluding tert-OH is 16. The molecule has 73 heavy (non-hydrogen) atoms. The normalized spacial score (nSPS) is 43.2. The van der Waals surface area contributed by atoms with Crippen molar-refractivity contribution in [2.45, 2.75) is 160 Å². The van der Waals surface area contributed by atoms with Crippen molar-refractivity contribution in [2.75, 3.05) is 47.3 Å². The number of methoxy groups -OCH3 is 2. The number of alkyl carbamates (subject to hydrolysis) is 1. The van der Waals surface area contributed by atoms with Gasteiger partial charge in [0.2, 0.25) is 0 Å². The molecule has 1 aromatic rings. The van der Waals surface area contributed by atoms with Gasteiger partial charge in [-0.2, -0.15) is 0 Å². The van der Waals surface area contributed by atoms with Crippen molar-refractivity contribution in [3.05, 3.63) is 27.8 Å². The molecule has 1 amide bonds. The van der Waals surface area contributed by atoms with Crippen molar-refractivity contribution in [3.8, 4) is 11.5 Å². The van der Waals surface area contributed by atoms with E-state index in [1.165, 1.54) is 20.3 Å². The molecule has 17 N–H and O–H groups in total. The standard InChI is InChI=1S/C40H62N2O31/c1-62-13-3-11(12(42(60)61)4-14(13)63-2)10-64-40(59)41-20-15(5-43)66-36(27(54)21(20)48)71-32-17(7-45)68-38(29(56)23(32)50)73-34-19(9-47)69-39(30(57)25(34)52)72-33-18(8-46)67-37(28(55)24(33)51)70-31-16(6-44)65-35(58)26(53)22(31)49/h3-4,15-39,43-58H,5-10H2,1-2H3,(H,41,59). The highest BCUT2D eigenvalue weighted by atomic mass is 16.8. The minimum atomic E-state index is -2.19. The Morgan fingerprint density at radius 3 is 1.23 bits per heavy atom. The van der Waals surface area contributed by atoms with Crippen LogP contribution in [-0.4, -0.2) is 293 Å². The second-order valence-corrected chi connectivity index (χ2v) is 17.3. The van der Waals surface area contributed by atoms with Gasteiger partial charge in [0.1, 0.15) is 123 Å². The number of ether oxygens (including phenoxy) is 12. The van der Waals surface area contributed by atoms with Gasteiger partial charge in [0.05, 0.1) is 69.8 Å². The Bertz CT molecular complexity index is 1940. The first-order valence-electron chi connectivity index (χ1n) is 22.4. The van der Waals surface area contributed by atoms with Gasteiger partial charge >= 0.3 is 6.09 Å². The van der Waals surface area contributed by atoms with Gasteiger partial charge in [-0.3, -0.25) is 10.1 Å². The van der Waals surface area contributed by atoms with E-state index in [2.05, 4.69) is 5.32 Å². The maximum absolute atomic E-state index is 12.9. The molecule has 0 saturated carbocycles. The summed E-state index contributed by atoms with van der Waals surface area (Å²) in [5.41, 5.74) is -0.627. The molecule has 5 heterocycles. The third-order valence-corrected chi connectivity index (χ3v) is 12.8. The van der Waals surface area contributed by atoms with Crippen LogP contribution in [-0.2, 0) is 54.0 Å². The van der Waals surface area contributed by atoms with E-state index in [4.69, 9.17) is 56.8 Å². The number of nitrogens with zero attached hydrogens (tertiary/aromatic N) is 1. The first-order valence-corrected chi connectivity index (χ1v) is 22.4. The highest BCUT2D eigenvalue weighted by molar-refractivity contribution is 5.68. The summed E-state index contributed by atoms with van der Waals surface area (Å²) in [5, 5.41) is 184. The highest BCUT2D eigenvalue weighted by Crippen LogP contribution is 2.37. The summed E-state index contributed by atoms with van der Waals surface area (Å²) in [6.45, 7) is -5.57. The summed E-state index contributed by atoms with van der Waals surface area (Å²) in [4.78, 5) is 23.8. The molecule has 418 valence electrons. The molecule has 5 aliphatic rings. The minimum absolute atomic E-state index is 0.0132.